The zero-order valence-corrected chi connectivity index (χ0v) is 20.7. The number of alkyl carbamates (subject to hydrolysis) is 1. The van der Waals surface area contributed by atoms with Crippen LogP contribution in [-0.2, 0) is 35.0 Å². The third-order valence-electron chi connectivity index (χ3n) is 4.88. The number of hydrogen-bond donors (Lipinski definition) is 3. The van der Waals surface area contributed by atoms with Crippen LogP contribution in [0.15, 0.2) is 35.5 Å². The van der Waals surface area contributed by atoms with E-state index in [2.05, 4.69) is 10.6 Å². The number of benzene rings is 1. The predicted molar refractivity (Wildman–Crippen MR) is 126 cm³/mol. The molecule has 0 aromatic heterocycles. The zero-order chi connectivity index (χ0) is 26.2. The van der Waals surface area contributed by atoms with Crippen molar-refractivity contribution in [1.29, 1.82) is 0 Å². The molecule has 2 rings (SSSR count). The van der Waals surface area contributed by atoms with Gasteiger partial charge in [-0.1, -0.05) is 12.1 Å². The number of nitrogens with zero attached hydrogens (tertiary/aromatic N) is 1. The molecular weight excluding hydrogens is 458 g/mol. The number of aliphatic hydroxyl groups excluding tert-OH is 1. The first-order valence-corrected chi connectivity index (χ1v) is 11.2. The van der Waals surface area contributed by atoms with Gasteiger partial charge in [0.2, 0.25) is 0 Å². The SMILES string of the molecule is CCOC(=O)C(Cc1ccc(NC2=C(C(=O)OC)CN(CCO)C2=O)cc1)NC(=O)OC(C)(C)C. The fraction of sp³-hybridized carbons (Fsp3) is 0.500. The molecular formula is C24H33N3O8. The highest BCUT2D eigenvalue weighted by molar-refractivity contribution is 6.08. The number of ether oxygens (including phenoxy) is 3. The second kappa shape index (κ2) is 12.2. The molecule has 1 heterocycles. The van der Waals surface area contributed by atoms with Gasteiger partial charge in [-0.2, -0.15) is 0 Å². The summed E-state index contributed by atoms with van der Waals surface area (Å²) in [4.78, 5) is 50.7. The largest absolute Gasteiger partial charge is 0.466 e. The van der Waals surface area contributed by atoms with E-state index in [0.717, 1.165) is 0 Å². The lowest BCUT2D eigenvalue weighted by Gasteiger charge is -2.23. The third kappa shape index (κ3) is 7.99. The van der Waals surface area contributed by atoms with Crippen LogP contribution in [-0.4, -0.2) is 79.0 Å². The number of methoxy groups -OCH3 is 1. The summed E-state index contributed by atoms with van der Waals surface area (Å²) in [5.74, 6) is -1.65. The highest BCUT2D eigenvalue weighted by Gasteiger charge is 2.34. The molecule has 0 saturated heterocycles. The van der Waals surface area contributed by atoms with E-state index < -0.39 is 35.6 Å². The normalized spacial score (nSPS) is 14.5. The third-order valence-corrected chi connectivity index (χ3v) is 4.88. The molecule has 2 amide bonds. The minimum atomic E-state index is -0.958. The molecule has 35 heavy (non-hydrogen) atoms. The molecule has 192 valence electrons. The molecule has 1 aliphatic rings. The fourth-order valence-electron chi connectivity index (χ4n) is 3.34. The standard InChI is InChI=1S/C24H33N3O8/c1-6-34-22(31)18(26-23(32)35-24(2,3)4)13-15-7-9-16(10-8-15)25-19-17(21(30)33-5)14-27(11-12-28)20(19)29/h7-10,18,25,28H,6,11-14H2,1-5H3,(H,26,32). The van der Waals surface area contributed by atoms with Crippen molar-refractivity contribution in [1.82, 2.24) is 10.2 Å². The van der Waals surface area contributed by atoms with Crippen molar-refractivity contribution in [2.24, 2.45) is 0 Å². The molecule has 11 heteroatoms. The van der Waals surface area contributed by atoms with E-state index in [1.165, 1.54) is 12.0 Å². The molecule has 0 saturated carbocycles. The lowest BCUT2D eigenvalue weighted by molar-refractivity contribution is -0.145. The van der Waals surface area contributed by atoms with E-state index in [4.69, 9.17) is 14.2 Å². The Balaban J connectivity index is 2.16. The van der Waals surface area contributed by atoms with E-state index in [1.54, 1.807) is 52.0 Å². The maximum absolute atomic E-state index is 12.7. The molecule has 0 fully saturated rings. The van der Waals surface area contributed by atoms with Gasteiger partial charge in [-0.15, -0.1) is 0 Å². The lowest BCUT2D eigenvalue weighted by atomic mass is 10.1. The molecule has 11 nitrogen and oxygen atoms in total. The van der Waals surface area contributed by atoms with Crippen LogP contribution in [0, 0.1) is 0 Å². The summed E-state index contributed by atoms with van der Waals surface area (Å²) in [6, 6.07) is 5.83. The van der Waals surface area contributed by atoms with Crippen molar-refractivity contribution in [3.8, 4) is 0 Å². The second-order valence-electron chi connectivity index (χ2n) is 8.77. The quantitative estimate of drug-likeness (QED) is 0.326. The summed E-state index contributed by atoms with van der Waals surface area (Å²) in [6.45, 7) is 6.87. The van der Waals surface area contributed by atoms with E-state index in [9.17, 15) is 24.3 Å². The summed E-state index contributed by atoms with van der Waals surface area (Å²) in [6.07, 6.45) is -0.583. The number of aliphatic hydroxyl groups is 1. The summed E-state index contributed by atoms with van der Waals surface area (Å²) >= 11 is 0. The average molecular weight is 492 g/mol. The van der Waals surface area contributed by atoms with Gasteiger partial charge in [0.15, 0.2) is 0 Å². The van der Waals surface area contributed by atoms with Crippen molar-refractivity contribution in [3.05, 3.63) is 41.1 Å². The molecule has 0 bridgehead atoms. The minimum absolute atomic E-state index is 0.0318. The summed E-state index contributed by atoms with van der Waals surface area (Å²) < 4.78 is 15.1. The molecule has 1 atom stereocenters. The van der Waals surface area contributed by atoms with Gasteiger partial charge >= 0.3 is 18.0 Å². The number of carbonyl (C=O) groups excluding carboxylic acids is 4. The molecule has 1 unspecified atom stereocenters. The highest BCUT2D eigenvalue weighted by atomic mass is 16.6. The predicted octanol–water partition coefficient (Wildman–Crippen LogP) is 1.36. The Kier molecular flexibility index (Phi) is 9.64. The van der Waals surface area contributed by atoms with Crippen molar-refractivity contribution >= 4 is 29.6 Å². The number of anilines is 1. The molecule has 3 N–H and O–H groups in total. The van der Waals surface area contributed by atoms with Crippen molar-refractivity contribution < 1.29 is 38.5 Å². The Hall–Kier alpha value is -3.60. The van der Waals surface area contributed by atoms with Crippen LogP contribution >= 0.6 is 0 Å². The summed E-state index contributed by atoms with van der Waals surface area (Å²) in [7, 11) is 1.23. The smallest absolute Gasteiger partial charge is 0.408 e. The number of hydrogen-bond acceptors (Lipinski definition) is 9. The Morgan fingerprint density at radius 3 is 2.37 bits per heavy atom. The van der Waals surface area contributed by atoms with Gasteiger partial charge in [0.05, 0.1) is 32.4 Å². The van der Waals surface area contributed by atoms with Gasteiger partial charge in [0, 0.05) is 18.7 Å². The maximum atomic E-state index is 12.7. The molecule has 0 spiro atoms. The van der Waals surface area contributed by atoms with Crippen LogP contribution in [0.4, 0.5) is 10.5 Å². The maximum Gasteiger partial charge on any atom is 0.408 e. The van der Waals surface area contributed by atoms with Gasteiger partial charge in [0.1, 0.15) is 17.3 Å². The zero-order valence-electron chi connectivity index (χ0n) is 20.7. The number of esters is 2. The van der Waals surface area contributed by atoms with Gasteiger partial charge in [-0.25, -0.2) is 14.4 Å². The van der Waals surface area contributed by atoms with Gasteiger partial charge in [0.25, 0.3) is 5.91 Å². The van der Waals surface area contributed by atoms with Crippen LogP contribution < -0.4 is 10.6 Å². The Morgan fingerprint density at radius 1 is 1.17 bits per heavy atom. The first-order valence-electron chi connectivity index (χ1n) is 11.2. The average Bonchev–Trinajstić information content (AvgIpc) is 3.08. The number of carbonyl (C=O) groups is 4. The monoisotopic (exact) mass is 491 g/mol. The second-order valence-corrected chi connectivity index (χ2v) is 8.77. The van der Waals surface area contributed by atoms with Crippen LogP contribution in [0.1, 0.15) is 33.3 Å². The summed E-state index contributed by atoms with van der Waals surface area (Å²) in [5.41, 5.74) is 0.760. The number of nitrogens with one attached hydrogen (secondary N) is 2. The minimum Gasteiger partial charge on any atom is -0.466 e. The van der Waals surface area contributed by atoms with Crippen LogP contribution in [0.3, 0.4) is 0 Å². The number of rotatable bonds is 10. The van der Waals surface area contributed by atoms with Gasteiger partial charge < -0.3 is 34.9 Å². The van der Waals surface area contributed by atoms with Crippen LogP contribution in [0.5, 0.6) is 0 Å². The van der Waals surface area contributed by atoms with Gasteiger partial charge in [-0.3, -0.25) is 4.79 Å². The highest BCUT2D eigenvalue weighted by Crippen LogP contribution is 2.23. The molecule has 1 aromatic carbocycles. The molecule has 0 radical (unpaired) electrons. The lowest BCUT2D eigenvalue weighted by Crippen LogP contribution is -2.45. The first kappa shape index (κ1) is 27.6. The van der Waals surface area contributed by atoms with E-state index in [1.807, 2.05) is 0 Å². The number of amides is 2. The van der Waals surface area contributed by atoms with Crippen LogP contribution in [0.25, 0.3) is 0 Å². The van der Waals surface area contributed by atoms with Crippen LogP contribution in [0.2, 0.25) is 0 Å². The van der Waals surface area contributed by atoms with Crippen molar-refractivity contribution in [3.63, 3.8) is 0 Å². The Bertz CT molecular complexity index is 966. The molecule has 1 aromatic rings. The van der Waals surface area contributed by atoms with E-state index in [0.29, 0.717) is 11.3 Å². The van der Waals surface area contributed by atoms with Gasteiger partial charge in [-0.05, 0) is 45.4 Å². The molecule has 0 aliphatic carbocycles. The van der Waals surface area contributed by atoms with Crippen molar-refractivity contribution in [2.75, 3.05) is 38.7 Å². The van der Waals surface area contributed by atoms with Crippen molar-refractivity contribution in [2.45, 2.75) is 45.8 Å². The van der Waals surface area contributed by atoms with E-state index >= 15 is 0 Å². The Morgan fingerprint density at radius 2 is 1.83 bits per heavy atom. The molecule has 1 aliphatic heterocycles. The summed E-state index contributed by atoms with van der Waals surface area (Å²) in [5, 5.41) is 14.7. The number of β-amino-alcohol motifs (C(OH)–C–C–N with tert-alkyl or cyclic N) is 1. The Labute approximate surface area is 204 Å². The topological polar surface area (TPSA) is 143 Å². The first-order chi connectivity index (χ1) is 16.5. The van der Waals surface area contributed by atoms with E-state index in [-0.39, 0.29) is 44.0 Å². The fourth-order valence-corrected chi connectivity index (χ4v) is 3.34.